The number of nitrogens with one attached hydrogen (secondary N) is 2. The predicted molar refractivity (Wildman–Crippen MR) is 106 cm³/mol. The van der Waals surface area contributed by atoms with E-state index in [4.69, 9.17) is 0 Å². The van der Waals surface area contributed by atoms with Gasteiger partial charge in [0.05, 0.1) is 0 Å². The van der Waals surface area contributed by atoms with Crippen molar-refractivity contribution in [3.8, 4) is 0 Å². The molecule has 0 bridgehead atoms. The van der Waals surface area contributed by atoms with Gasteiger partial charge < -0.3 is 0 Å². The number of unbranched alkanes of at least 4 members (excludes halogenated alkanes) is 12. The lowest BCUT2D eigenvalue weighted by molar-refractivity contribution is 0.498. The van der Waals surface area contributed by atoms with Gasteiger partial charge in [0.15, 0.2) is 0 Å². The van der Waals surface area contributed by atoms with Crippen LogP contribution < -0.4 is 10.9 Å². The van der Waals surface area contributed by atoms with Gasteiger partial charge >= 0.3 is 0 Å². The fraction of sp³-hybridized carbons (Fsp3) is 0.905. The topological polar surface area (TPSA) is 24.1 Å². The fourth-order valence-corrected chi connectivity index (χ4v) is 2.76. The van der Waals surface area contributed by atoms with Gasteiger partial charge in [0.1, 0.15) is 0 Å². The minimum atomic E-state index is 1.08. The summed E-state index contributed by atoms with van der Waals surface area (Å²) in [6, 6.07) is 0. The van der Waals surface area contributed by atoms with Crippen LogP contribution in [0.2, 0.25) is 0 Å². The van der Waals surface area contributed by atoms with Gasteiger partial charge in [0, 0.05) is 13.1 Å². The van der Waals surface area contributed by atoms with Crippen molar-refractivity contribution in [2.45, 2.75) is 110 Å². The maximum Gasteiger partial charge on any atom is 0.00997 e. The Bertz CT molecular complexity index is 226. The molecule has 0 fully saturated rings. The van der Waals surface area contributed by atoms with E-state index in [9.17, 15) is 0 Å². The molecule has 0 spiro atoms. The molecule has 0 aromatic heterocycles. The van der Waals surface area contributed by atoms with E-state index in [2.05, 4.69) is 36.9 Å². The highest BCUT2D eigenvalue weighted by atomic mass is 15.3. The third-order valence-electron chi connectivity index (χ3n) is 4.31. The molecule has 0 saturated carbocycles. The molecule has 2 N–H and O–H groups in total. The van der Waals surface area contributed by atoms with Gasteiger partial charge in [-0.1, -0.05) is 83.8 Å². The Labute approximate surface area is 146 Å². The van der Waals surface area contributed by atoms with Gasteiger partial charge in [-0.05, 0) is 38.5 Å². The van der Waals surface area contributed by atoms with Crippen LogP contribution in [0.4, 0.5) is 0 Å². The van der Waals surface area contributed by atoms with Crippen molar-refractivity contribution in [3.05, 3.63) is 12.2 Å². The molecule has 0 unspecified atom stereocenters. The maximum absolute atomic E-state index is 3.28. The van der Waals surface area contributed by atoms with Crippen LogP contribution in [0.25, 0.3) is 0 Å². The highest BCUT2D eigenvalue weighted by molar-refractivity contribution is 4.81. The molecule has 0 aliphatic heterocycles. The Morgan fingerprint density at radius 2 is 0.957 bits per heavy atom. The lowest BCUT2D eigenvalue weighted by Crippen LogP contribution is -2.32. The molecule has 2 heteroatoms. The lowest BCUT2D eigenvalue weighted by atomic mass is 10.1. The lowest BCUT2D eigenvalue weighted by Gasteiger charge is -2.05. The average Bonchev–Trinajstić information content (AvgIpc) is 2.57. The standard InChI is InChI=1S/C21H44N2/c1-3-5-6-7-8-9-10-11-12-13-14-15-16-17-18-19-21-23-22-20-4-2/h11-12,22-23H,3-10,13-21H2,1-2H3/b12-11-. The molecule has 0 rings (SSSR count). The highest BCUT2D eigenvalue weighted by Gasteiger charge is 1.91. The van der Waals surface area contributed by atoms with Gasteiger partial charge in [-0.2, -0.15) is 0 Å². The van der Waals surface area contributed by atoms with E-state index in [0.717, 1.165) is 13.1 Å². The van der Waals surface area contributed by atoms with Crippen molar-refractivity contribution >= 4 is 0 Å². The van der Waals surface area contributed by atoms with Crippen LogP contribution in [0.15, 0.2) is 12.2 Å². The summed E-state index contributed by atoms with van der Waals surface area (Å²) in [6.45, 7) is 6.66. The molecule has 2 nitrogen and oxygen atoms in total. The zero-order valence-corrected chi connectivity index (χ0v) is 16.2. The predicted octanol–water partition coefficient (Wildman–Crippen LogP) is 6.53. The van der Waals surface area contributed by atoms with Crippen LogP contribution in [0, 0.1) is 0 Å². The first kappa shape index (κ1) is 22.7. The Hall–Kier alpha value is -0.340. The smallest absolute Gasteiger partial charge is 0.00997 e. The molecule has 0 aromatic rings. The van der Waals surface area contributed by atoms with E-state index in [1.807, 2.05) is 0 Å². The van der Waals surface area contributed by atoms with Crippen molar-refractivity contribution in [2.24, 2.45) is 0 Å². The molecule has 138 valence electrons. The molecule has 0 atom stereocenters. The normalized spacial score (nSPS) is 11.6. The second kappa shape index (κ2) is 21.7. The summed E-state index contributed by atoms with van der Waals surface area (Å²) < 4.78 is 0. The Morgan fingerprint density at radius 1 is 0.478 bits per heavy atom. The summed E-state index contributed by atoms with van der Waals surface area (Å²) in [5.74, 6) is 0. The number of hydrogen-bond donors (Lipinski definition) is 2. The van der Waals surface area contributed by atoms with E-state index in [0.29, 0.717) is 0 Å². The quantitative estimate of drug-likeness (QED) is 0.160. The van der Waals surface area contributed by atoms with E-state index in [-0.39, 0.29) is 0 Å². The van der Waals surface area contributed by atoms with Crippen LogP contribution in [0.1, 0.15) is 110 Å². The number of hydrazine groups is 1. The first-order valence-corrected chi connectivity index (χ1v) is 10.5. The van der Waals surface area contributed by atoms with Crippen LogP contribution >= 0.6 is 0 Å². The highest BCUT2D eigenvalue weighted by Crippen LogP contribution is 2.09. The third-order valence-corrected chi connectivity index (χ3v) is 4.31. The zero-order chi connectivity index (χ0) is 16.8. The van der Waals surface area contributed by atoms with Crippen molar-refractivity contribution in [1.29, 1.82) is 0 Å². The zero-order valence-electron chi connectivity index (χ0n) is 16.2. The summed E-state index contributed by atoms with van der Waals surface area (Å²) in [4.78, 5) is 0. The summed E-state index contributed by atoms with van der Waals surface area (Å²) in [5, 5.41) is 0. The van der Waals surface area contributed by atoms with E-state index >= 15 is 0 Å². The second-order valence-electron chi connectivity index (χ2n) is 6.79. The maximum atomic E-state index is 3.28. The first-order valence-electron chi connectivity index (χ1n) is 10.5. The van der Waals surface area contributed by atoms with Crippen molar-refractivity contribution in [1.82, 2.24) is 10.9 Å². The van der Waals surface area contributed by atoms with Gasteiger partial charge in [0.2, 0.25) is 0 Å². The molecule has 0 aliphatic carbocycles. The van der Waals surface area contributed by atoms with Gasteiger partial charge in [-0.3, -0.25) is 10.9 Å². The van der Waals surface area contributed by atoms with E-state index in [1.165, 1.54) is 96.3 Å². The van der Waals surface area contributed by atoms with Crippen LogP contribution in [0.3, 0.4) is 0 Å². The molecular weight excluding hydrogens is 280 g/mol. The second-order valence-corrected chi connectivity index (χ2v) is 6.79. The largest absolute Gasteiger partial charge is 0.258 e. The first-order chi connectivity index (χ1) is 11.4. The Kier molecular flexibility index (Phi) is 21.3. The molecule has 0 aromatic carbocycles. The molecule has 0 radical (unpaired) electrons. The number of allylic oxidation sites excluding steroid dienone is 2. The summed E-state index contributed by atoms with van der Waals surface area (Å²) in [7, 11) is 0. The summed E-state index contributed by atoms with van der Waals surface area (Å²) in [6.07, 6.45) is 25.3. The Balaban J connectivity index is 3.02. The monoisotopic (exact) mass is 324 g/mol. The number of rotatable bonds is 19. The molecule has 0 aliphatic rings. The minimum Gasteiger partial charge on any atom is -0.258 e. The van der Waals surface area contributed by atoms with Gasteiger partial charge in [-0.25, -0.2) is 0 Å². The van der Waals surface area contributed by atoms with Gasteiger partial charge in [-0.15, -0.1) is 0 Å². The van der Waals surface area contributed by atoms with Crippen molar-refractivity contribution in [2.75, 3.05) is 13.1 Å². The number of hydrogen-bond acceptors (Lipinski definition) is 2. The third kappa shape index (κ3) is 21.7. The van der Waals surface area contributed by atoms with Crippen molar-refractivity contribution in [3.63, 3.8) is 0 Å². The van der Waals surface area contributed by atoms with Crippen LogP contribution in [-0.2, 0) is 0 Å². The van der Waals surface area contributed by atoms with Crippen molar-refractivity contribution < 1.29 is 0 Å². The summed E-state index contributed by atoms with van der Waals surface area (Å²) in [5.41, 5.74) is 6.51. The molecule has 23 heavy (non-hydrogen) atoms. The molecule has 0 heterocycles. The Morgan fingerprint density at radius 3 is 1.52 bits per heavy atom. The fourth-order valence-electron chi connectivity index (χ4n) is 2.76. The molecule has 0 saturated heterocycles. The average molecular weight is 325 g/mol. The van der Waals surface area contributed by atoms with Gasteiger partial charge in [0.25, 0.3) is 0 Å². The molecular formula is C21H44N2. The SMILES string of the molecule is CCCCCCCC/C=C\CCCCCCCCNNCCC. The molecule has 0 amide bonds. The minimum absolute atomic E-state index is 1.08. The summed E-state index contributed by atoms with van der Waals surface area (Å²) >= 11 is 0. The van der Waals surface area contributed by atoms with Crippen LogP contribution in [-0.4, -0.2) is 13.1 Å². The van der Waals surface area contributed by atoms with Crippen LogP contribution in [0.5, 0.6) is 0 Å². The van der Waals surface area contributed by atoms with E-state index in [1.54, 1.807) is 0 Å². The van der Waals surface area contributed by atoms with E-state index < -0.39 is 0 Å².